The molecule has 0 saturated carbocycles. The van der Waals surface area contributed by atoms with Crippen LogP contribution in [0.2, 0.25) is 10.0 Å². The number of ketones is 1. The summed E-state index contributed by atoms with van der Waals surface area (Å²) in [6, 6.07) is 11.5. The Morgan fingerprint density at radius 3 is 2.55 bits per heavy atom. The second-order valence-electron chi connectivity index (χ2n) is 5.85. The van der Waals surface area contributed by atoms with E-state index in [1.54, 1.807) is 6.07 Å². The van der Waals surface area contributed by atoms with Gasteiger partial charge in [-0.3, -0.25) is 4.79 Å². The summed E-state index contributed by atoms with van der Waals surface area (Å²) in [5, 5.41) is 1.09. The van der Waals surface area contributed by atoms with Crippen LogP contribution in [0.3, 0.4) is 0 Å². The van der Waals surface area contributed by atoms with Gasteiger partial charge >= 0.3 is 0 Å². The third kappa shape index (κ3) is 2.06. The minimum atomic E-state index is -0.118. The van der Waals surface area contributed by atoms with Crippen LogP contribution in [0.5, 0.6) is 0 Å². The molecular weight excluding hydrogens is 291 g/mol. The molecule has 0 fully saturated rings. The number of hydrogen-bond donors (Lipinski definition) is 0. The number of fused-ring (bicyclic) bond motifs is 1. The Morgan fingerprint density at radius 2 is 1.80 bits per heavy atom. The van der Waals surface area contributed by atoms with Crippen LogP contribution in [0.25, 0.3) is 11.1 Å². The van der Waals surface area contributed by atoms with E-state index in [4.69, 9.17) is 23.2 Å². The summed E-state index contributed by atoms with van der Waals surface area (Å²) < 4.78 is 0. The minimum Gasteiger partial charge on any atom is -0.294 e. The molecule has 2 aromatic carbocycles. The SMILES string of the molecule is CC1(C)CC(=O)c2ccc(-c3cccc(Cl)c3Cl)cc21. The number of benzene rings is 2. The molecule has 1 nitrogen and oxygen atoms in total. The molecule has 0 atom stereocenters. The molecule has 0 aliphatic heterocycles. The van der Waals surface area contributed by atoms with Crippen LogP contribution in [0, 0.1) is 0 Å². The smallest absolute Gasteiger partial charge is 0.164 e. The Labute approximate surface area is 128 Å². The van der Waals surface area contributed by atoms with Gasteiger partial charge in [0.1, 0.15) is 0 Å². The molecule has 0 N–H and O–H groups in total. The van der Waals surface area contributed by atoms with E-state index in [0.29, 0.717) is 16.5 Å². The zero-order valence-corrected chi connectivity index (χ0v) is 12.8. The molecule has 0 heterocycles. The highest BCUT2D eigenvalue weighted by molar-refractivity contribution is 6.43. The molecule has 20 heavy (non-hydrogen) atoms. The van der Waals surface area contributed by atoms with Crippen LogP contribution in [-0.4, -0.2) is 5.78 Å². The van der Waals surface area contributed by atoms with Crippen molar-refractivity contribution in [2.75, 3.05) is 0 Å². The largest absolute Gasteiger partial charge is 0.294 e. The van der Waals surface area contributed by atoms with Gasteiger partial charge in [0, 0.05) is 17.5 Å². The third-order valence-corrected chi connectivity index (χ3v) is 4.73. The lowest BCUT2D eigenvalue weighted by molar-refractivity contribution is 0.0979. The van der Waals surface area contributed by atoms with Crippen molar-refractivity contribution in [3.63, 3.8) is 0 Å². The van der Waals surface area contributed by atoms with Crippen molar-refractivity contribution < 1.29 is 4.79 Å². The first-order chi connectivity index (χ1) is 9.40. The first-order valence-corrected chi connectivity index (χ1v) is 7.28. The first-order valence-electron chi connectivity index (χ1n) is 6.52. The maximum Gasteiger partial charge on any atom is 0.164 e. The van der Waals surface area contributed by atoms with E-state index in [0.717, 1.165) is 22.3 Å². The lowest BCUT2D eigenvalue weighted by Crippen LogP contribution is -2.12. The van der Waals surface area contributed by atoms with Crippen molar-refractivity contribution in [2.45, 2.75) is 25.7 Å². The van der Waals surface area contributed by atoms with Gasteiger partial charge in [-0.05, 0) is 28.7 Å². The van der Waals surface area contributed by atoms with Crippen LogP contribution < -0.4 is 0 Å². The third-order valence-electron chi connectivity index (χ3n) is 3.91. The summed E-state index contributed by atoms with van der Waals surface area (Å²) in [7, 11) is 0. The summed E-state index contributed by atoms with van der Waals surface area (Å²) in [5.74, 6) is 0.216. The molecule has 0 saturated heterocycles. The molecule has 102 valence electrons. The van der Waals surface area contributed by atoms with Gasteiger partial charge in [-0.1, -0.05) is 61.3 Å². The summed E-state index contributed by atoms with van der Waals surface area (Å²) >= 11 is 12.4. The number of halogens is 2. The second-order valence-corrected chi connectivity index (χ2v) is 6.63. The zero-order valence-electron chi connectivity index (χ0n) is 11.3. The normalized spacial score (nSPS) is 16.3. The molecule has 0 unspecified atom stereocenters. The summed E-state index contributed by atoms with van der Waals surface area (Å²) in [4.78, 5) is 12.0. The zero-order chi connectivity index (χ0) is 14.5. The Morgan fingerprint density at radius 1 is 1.05 bits per heavy atom. The van der Waals surface area contributed by atoms with E-state index in [-0.39, 0.29) is 11.2 Å². The van der Waals surface area contributed by atoms with Gasteiger partial charge < -0.3 is 0 Å². The average Bonchev–Trinajstić information content (AvgIpc) is 2.63. The maximum atomic E-state index is 12.0. The van der Waals surface area contributed by atoms with Gasteiger partial charge in [0.25, 0.3) is 0 Å². The van der Waals surface area contributed by atoms with Gasteiger partial charge in [0.05, 0.1) is 10.0 Å². The predicted octanol–water partition coefficient (Wildman–Crippen LogP) is 5.52. The minimum absolute atomic E-state index is 0.118. The van der Waals surface area contributed by atoms with Gasteiger partial charge in [0.15, 0.2) is 5.78 Å². The molecule has 2 aromatic rings. The molecule has 0 radical (unpaired) electrons. The lowest BCUT2D eigenvalue weighted by Gasteiger charge is -2.18. The molecule has 1 aliphatic carbocycles. The molecule has 1 aliphatic rings. The van der Waals surface area contributed by atoms with Crippen molar-refractivity contribution >= 4 is 29.0 Å². The van der Waals surface area contributed by atoms with E-state index < -0.39 is 0 Å². The van der Waals surface area contributed by atoms with Crippen molar-refractivity contribution in [1.29, 1.82) is 0 Å². The van der Waals surface area contributed by atoms with Gasteiger partial charge in [-0.25, -0.2) is 0 Å². The van der Waals surface area contributed by atoms with Crippen LogP contribution in [0.1, 0.15) is 36.2 Å². The average molecular weight is 305 g/mol. The van der Waals surface area contributed by atoms with Crippen molar-refractivity contribution in [3.05, 3.63) is 57.6 Å². The van der Waals surface area contributed by atoms with Crippen LogP contribution in [0.4, 0.5) is 0 Å². The standard InChI is InChI=1S/C17H14Cl2O/c1-17(2)9-15(20)12-7-6-10(8-13(12)17)11-4-3-5-14(18)16(11)19/h3-8H,9H2,1-2H3. The fourth-order valence-electron chi connectivity index (χ4n) is 2.83. The Hall–Kier alpha value is -1.31. The highest BCUT2D eigenvalue weighted by Crippen LogP contribution is 2.41. The number of hydrogen-bond acceptors (Lipinski definition) is 1. The molecule has 0 bridgehead atoms. The summed E-state index contributed by atoms with van der Waals surface area (Å²) in [6.07, 6.45) is 0.565. The van der Waals surface area contributed by atoms with Crippen LogP contribution in [0.15, 0.2) is 36.4 Å². The molecule has 3 heteroatoms. The predicted molar refractivity (Wildman–Crippen MR) is 83.9 cm³/mol. The van der Waals surface area contributed by atoms with Gasteiger partial charge in [-0.15, -0.1) is 0 Å². The highest BCUT2D eigenvalue weighted by atomic mass is 35.5. The molecular formula is C17H14Cl2O. The number of Topliss-reactive ketones (excluding diaryl/α,β-unsaturated/α-hetero) is 1. The van der Waals surface area contributed by atoms with Crippen molar-refractivity contribution in [1.82, 2.24) is 0 Å². The van der Waals surface area contributed by atoms with E-state index in [1.807, 2.05) is 24.3 Å². The maximum absolute atomic E-state index is 12.0. The number of rotatable bonds is 1. The van der Waals surface area contributed by atoms with E-state index in [2.05, 4.69) is 19.9 Å². The Kier molecular flexibility index (Phi) is 3.15. The Bertz CT molecular complexity index is 717. The van der Waals surface area contributed by atoms with E-state index in [1.165, 1.54) is 0 Å². The number of carbonyl (C=O) groups is 1. The topological polar surface area (TPSA) is 17.1 Å². The monoisotopic (exact) mass is 304 g/mol. The van der Waals surface area contributed by atoms with Crippen molar-refractivity contribution in [3.8, 4) is 11.1 Å². The summed E-state index contributed by atoms with van der Waals surface area (Å²) in [6.45, 7) is 4.19. The van der Waals surface area contributed by atoms with Gasteiger partial charge in [-0.2, -0.15) is 0 Å². The fraction of sp³-hybridized carbons (Fsp3) is 0.235. The quantitative estimate of drug-likeness (QED) is 0.677. The van der Waals surface area contributed by atoms with E-state index in [9.17, 15) is 4.79 Å². The first kappa shape index (κ1) is 13.7. The van der Waals surface area contributed by atoms with Crippen LogP contribution >= 0.6 is 23.2 Å². The molecule has 0 spiro atoms. The van der Waals surface area contributed by atoms with Gasteiger partial charge in [0.2, 0.25) is 0 Å². The van der Waals surface area contributed by atoms with Crippen molar-refractivity contribution in [2.24, 2.45) is 0 Å². The fourth-order valence-corrected chi connectivity index (χ4v) is 3.24. The highest BCUT2D eigenvalue weighted by Gasteiger charge is 2.35. The molecule has 3 rings (SSSR count). The van der Waals surface area contributed by atoms with E-state index >= 15 is 0 Å². The Balaban J connectivity index is 2.19. The molecule has 0 amide bonds. The lowest BCUT2D eigenvalue weighted by atomic mass is 9.85. The molecule has 0 aromatic heterocycles. The summed E-state index contributed by atoms with van der Waals surface area (Å²) in [5.41, 5.74) is 3.71. The van der Waals surface area contributed by atoms with Crippen LogP contribution in [-0.2, 0) is 5.41 Å². The second kappa shape index (κ2) is 4.61. The number of carbonyl (C=O) groups excluding carboxylic acids is 1.